The number of rotatable bonds is 4. The topological polar surface area (TPSA) is 34.5 Å². The number of carbonyl (C=O) groups is 1. The van der Waals surface area contributed by atoms with E-state index in [1.807, 2.05) is 13.0 Å². The Bertz CT molecular complexity index is 503. The summed E-state index contributed by atoms with van der Waals surface area (Å²) in [5.74, 6) is 0.216. The van der Waals surface area contributed by atoms with Crippen molar-refractivity contribution in [1.29, 1.82) is 0 Å². The quantitative estimate of drug-likeness (QED) is 0.793. The third-order valence-electron chi connectivity index (χ3n) is 4.34. The molecule has 0 spiro atoms. The molecule has 112 valence electrons. The van der Waals surface area contributed by atoms with E-state index >= 15 is 0 Å². The van der Waals surface area contributed by atoms with E-state index in [0.29, 0.717) is 19.8 Å². The lowest BCUT2D eigenvalue weighted by atomic mass is 10.0. The monoisotopic (exact) mass is 278 g/mol. The Balaban J connectivity index is 2.16. The Labute approximate surface area is 121 Å². The lowest BCUT2D eigenvalue weighted by Gasteiger charge is -2.41. The second-order valence-corrected chi connectivity index (χ2v) is 6.24. The fourth-order valence-corrected chi connectivity index (χ4v) is 3.01. The van der Waals surface area contributed by atoms with Gasteiger partial charge in [0.05, 0.1) is 19.8 Å². The minimum absolute atomic E-state index is 0.0653. The van der Waals surface area contributed by atoms with Crippen LogP contribution in [-0.2, 0) is 11.3 Å². The van der Waals surface area contributed by atoms with Crippen molar-refractivity contribution in [3.63, 3.8) is 0 Å². The number of aryl methyl sites for hydroxylation is 1. The smallest absolute Gasteiger partial charge is 0.178 e. The number of aromatic nitrogens is 1. The van der Waals surface area contributed by atoms with Gasteiger partial charge in [0.1, 0.15) is 0 Å². The lowest BCUT2D eigenvalue weighted by molar-refractivity contribution is -0.0467. The molecule has 1 saturated heterocycles. The molecule has 0 unspecified atom stereocenters. The van der Waals surface area contributed by atoms with Crippen LogP contribution in [0.5, 0.6) is 0 Å². The number of carbonyl (C=O) groups excluding carboxylic acids is 1. The zero-order valence-corrected chi connectivity index (χ0v) is 13.3. The van der Waals surface area contributed by atoms with Crippen molar-refractivity contribution in [3.8, 4) is 0 Å². The summed E-state index contributed by atoms with van der Waals surface area (Å²) in [4.78, 5) is 14.8. The molecule has 1 fully saturated rings. The van der Waals surface area contributed by atoms with Crippen molar-refractivity contribution >= 4 is 5.78 Å². The summed E-state index contributed by atoms with van der Waals surface area (Å²) in [6.45, 7) is 14.1. The molecule has 1 aromatic heterocycles. The number of ketones is 1. The Kier molecular flexibility index (Phi) is 4.35. The normalized spacial score (nSPS) is 19.2. The average Bonchev–Trinajstić information content (AvgIpc) is 2.67. The third kappa shape index (κ3) is 2.81. The number of morpholine rings is 1. The first kappa shape index (κ1) is 15.3. The van der Waals surface area contributed by atoms with Gasteiger partial charge >= 0.3 is 0 Å². The molecule has 1 aromatic rings. The van der Waals surface area contributed by atoms with Gasteiger partial charge in [0, 0.05) is 35.6 Å². The Morgan fingerprint density at radius 2 is 2.10 bits per heavy atom. The van der Waals surface area contributed by atoms with Crippen molar-refractivity contribution in [2.45, 2.75) is 46.7 Å². The second kappa shape index (κ2) is 5.70. The van der Waals surface area contributed by atoms with Crippen LogP contribution in [0.2, 0.25) is 0 Å². The fourth-order valence-electron chi connectivity index (χ4n) is 3.01. The van der Waals surface area contributed by atoms with Gasteiger partial charge in [0.2, 0.25) is 0 Å². The van der Waals surface area contributed by atoms with Crippen LogP contribution in [0, 0.1) is 13.8 Å². The van der Waals surface area contributed by atoms with E-state index in [1.165, 1.54) is 0 Å². The van der Waals surface area contributed by atoms with Gasteiger partial charge in [-0.3, -0.25) is 9.69 Å². The van der Waals surface area contributed by atoms with Gasteiger partial charge in [-0.25, -0.2) is 0 Å². The van der Waals surface area contributed by atoms with Crippen molar-refractivity contribution in [1.82, 2.24) is 9.47 Å². The highest BCUT2D eigenvalue weighted by molar-refractivity contribution is 5.99. The van der Waals surface area contributed by atoms with E-state index in [0.717, 1.165) is 30.0 Å². The van der Waals surface area contributed by atoms with E-state index in [2.05, 4.69) is 37.2 Å². The van der Waals surface area contributed by atoms with Crippen molar-refractivity contribution < 1.29 is 9.53 Å². The Hall–Kier alpha value is -1.13. The minimum Gasteiger partial charge on any atom is -0.378 e. The van der Waals surface area contributed by atoms with E-state index in [-0.39, 0.29) is 11.3 Å². The maximum atomic E-state index is 12.6. The maximum absolute atomic E-state index is 12.6. The first-order chi connectivity index (χ1) is 9.36. The highest BCUT2D eigenvalue weighted by atomic mass is 16.5. The molecule has 1 aliphatic heterocycles. The molecule has 0 aliphatic carbocycles. The number of Topliss-reactive ketones (excluding diaryl/α,β-unsaturated/α-hetero) is 1. The molecule has 20 heavy (non-hydrogen) atoms. The zero-order chi connectivity index (χ0) is 14.9. The predicted octanol–water partition coefficient (Wildman–Crippen LogP) is 2.42. The van der Waals surface area contributed by atoms with Crippen LogP contribution in [0.15, 0.2) is 6.07 Å². The molecule has 0 saturated carbocycles. The molecule has 0 aromatic carbocycles. The van der Waals surface area contributed by atoms with Crippen LogP contribution in [-0.4, -0.2) is 47.1 Å². The van der Waals surface area contributed by atoms with Crippen LogP contribution < -0.4 is 0 Å². The molecule has 0 bridgehead atoms. The Morgan fingerprint density at radius 1 is 1.40 bits per heavy atom. The van der Waals surface area contributed by atoms with Crippen molar-refractivity contribution in [3.05, 3.63) is 23.0 Å². The number of nitrogens with zero attached hydrogens (tertiary/aromatic N) is 2. The highest BCUT2D eigenvalue weighted by Gasteiger charge is 2.32. The van der Waals surface area contributed by atoms with E-state index in [4.69, 9.17) is 4.74 Å². The molecule has 2 rings (SSSR count). The lowest BCUT2D eigenvalue weighted by Crippen LogP contribution is -2.54. The number of hydrogen-bond acceptors (Lipinski definition) is 3. The SMILES string of the molecule is CCn1c(C)cc(C(=O)CN2CCOCC2(C)C)c1C. The van der Waals surface area contributed by atoms with Crippen LogP contribution in [0.1, 0.15) is 42.5 Å². The summed E-state index contributed by atoms with van der Waals surface area (Å²) < 4.78 is 7.70. The van der Waals surface area contributed by atoms with Gasteiger partial charge < -0.3 is 9.30 Å². The van der Waals surface area contributed by atoms with E-state index < -0.39 is 0 Å². The first-order valence-electron chi connectivity index (χ1n) is 7.39. The molecule has 1 aliphatic rings. The molecule has 0 amide bonds. The number of ether oxygens (including phenoxy) is 1. The molecular weight excluding hydrogens is 252 g/mol. The average molecular weight is 278 g/mol. The summed E-state index contributed by atoms with van der Waals surface area (Å²) in [5, 5.41) is 0. The maximum Gasteiger partial charge on any atom is 0.178 e. The van der Waals surface area contributed by atoms with E-state index in [1.54, 1.807) is 0 Å². The molecule has 4 nitrogen and oxygen atoms in total. The Morgan fingerprint density at radius 3 is 2.65 bits per heavy atom. The zero-order valence-electron chi connectivity index (χ0n) is 13.3. The summed E-state index contributed by atoms with van der Waals surface area (Å²) in [5.41, 5.74) is 3.05. The predicted molar refractivity (Wildman–Crippen MR) is 80.4 cm³/mol. The van der Waals surface area contributed by atoms with Gasteiger partial charge in [-0.15, -0.1) is 0 Å². The standard InChI is InChI=1S/C16H26N2O2/c1-6-18-12(2)9-14(13(18)3)15(19)10-17-7-8-20-11-16(17,4)5/h9H,6-8,10-11H2,1-5H3. The van der Waals surface area contributed by atoms with Gasteiger partial charge in [0.25, 0.3) is 0 Å². The molecule has 0 N–H and O–H groups in total. The highest BCUT2D eigenvalue weighted by Crippen LogP contribution is 2.21. The molecule has 2 heterocycles. The fraction of sp³-hybridized carbons (Fsp3) is 0.688. The molecular formula is C16H26N2O2. The third-order valence-corrected chi connectivity index (χ3v) is 4.34. The largest absolute Gasteiger partial charge is 0.378 e. The van der Waals surface area contributed by atoms with Crippen molar-refractivity contribution in [2.75, 3.05) is 26.3 Å². The van der Waals surface area contributed by atoms with Crippen LogP contribution in [0.4, 0.5) is 0 Å². The number of hydrogen-bond donors (Lipinski definition) is 0. The van der Waals surface area contributed by atoms with E-state index in [9.17, 15) is 4.79 Å². The van der Waals surface area contributed by atoms with Gasteiger partial charge in [-0.05, 0) is 40.7 Å². The summed E-state index contributed by atoms with van der Waals surface area (Å²) in [6, 6.07) is 2.02. The summed E-state index contributed by atoms with van der Waals surface area (Å²) in [6.07, 6.45) is 0. The van der Waals surface area contributed by atoms with Crippen molar-refractivity contribution in [2.24, 2.45) is 0 Å². The van der Waals surface area contributed by atoms with Gasteiger partial charge in [-0.2, -0.15) is 0 Å². The summed E-state index contributed by atoms with van der Waals surface area (Å²) >= 11 is 0. The van der Waals surface area contributed by atoms with Crippen LogP contribution >= 0.6 is 0 Å². The van der Waals surface area contributed by atoms with Crippen LogP contribution in [0.3, 0.4) is 0 Å². The molecule has 0 radical (unpaired) electrons. The molecule has 0 atom stereocenters. The first-order valence-corrected chi connectivity index (χ1v) is 7.39. The van der Waals surface area contributed by atoms with Gasteiger partial charge in [0.15, 0.2) is 5.78 Å². The van der Waals surface area contributed by atoms with Gasteiger partial charge in [-0.1, -0.05) is 0 Å². The summed E-state index contributed by atoms with van der Waals surface area (Å²) in [7, 11) is 0. The molecule has 4 heteroatoms. The van der Waals surface area contributed by atoms with Crippen LogP contribution in [0.25, 0.3) is 0 Å². The minimum atomic E-state index is -0.0653. The second-order valence-electron chi connectivity index (χ2n) is 6.24.